The minimum atomic E-state index is 0.0539. The van der Waals surface area contributed by atoms with Crippen LogP contribution in [-0.2, 0) is 4.74 Å². The van der Waals surface area contributed by atoms with Crippen LogP contribution in [0.4, 0.5) is 0 Å². The largest absolute Gasteiger partial charge is 0.396 e. The van der Waals surface area contributed by atoms with Crippen LogP contribution in [0.1, 0.15) is 10.4 Å². The summed E-state index contributed by atoms with van der Waals surface area (Å²) in [5.41, 5.74) is 3.44. The molecule has 7 heteroatoms. The Morgan fingerprint density at radius 1 is 1.28 bits per heavy atom. The SMILES string of the molecule is O=C(c1ccc2ncsc2c1)N1C[C@@H](CO)[C@@H](CN2CCOCC2)C1. The molecule has 0 bridgehead atoms. The van der Waals surface area contributed by atoms with Gasteiger partial charge in [-0.25, -0.2) is 4.98 Å². The molecule has 4 rings (SSSR count). The van der Waals surface area contributed by atoms with Crippen LogP contribution in [0.2, 0.25) is 0 Å². The van der Waals surface area contributed by atoms with Crippen LogP contribution < -0.4 is 0 Å². The van der Waals surface area contributed by atoms with Gasteiger partial charge in [-0.15, -0.1) is 11.3 Å². The van der Waals surface area contributed by atoms with Crippen LogP contribution in [0.5, 0.6) is 0 Å². The van der Waals surface area contributed by atoms with Crippen molar-refractivity contribution in [1.29, 1.82) is 0 Å². The fourth-order valence-corrected chi connectivity index (χ4v) is 4.52. The van der Waals surface area contributed by atoms with Crippen molar-refractivity contribution >= 4 is 27.5 Å². The van der Waals surface area contributed by atoms with Gasteiger partial charge in [-0.1, -0.05) is 0 Å². The number of amides is 1. The van der Waals surface area contributed by atoms with Gasteiger partial charge >= 0.3 is 0 Å². The van der Waals surface area contributed by atoms with Gasteiger partial charge in [0.1, 0.15) is 0 Å². The average molecular weight is 361 g/mol. The number of hydrogen-bond acceptors (Lipinski definition) is 6. The Labute approximate surface area is 151 Å². The molecular formula is C18H23N3O3S. The summed E-state index contributed by atoms with van der Waals surface area (Å²) in [5.74, 6) is 0.524. The summed E-state index contributed by atoms with van der Waals surface area (Å²) in [4.78, 5) is 21.5. The highest BCUT2D eigenvalue weighted by Crippen LogP contribution is 2.27. The summed E-state index contributed by atoms with van der Waals surface area (Å²) in [6.45, 7) is 5.81. The Kier molecular flexibility index (Phi) is 4.98. The molecule has 1 amide bonds. The van der Waals surface area contributed by atoms with E-state index in [0.717, 1.165) is 43.1 Å². The number of aromatic nitrogens is 1. The molecule has 0 aliphatic carbocycles. The lowest BCUT2D eigenvalue weighted by Crippen LogP contribution is -2.41. The van der Waals surface area contributed by atoms with Gasteiger partial charge in [-0.05, 0) is 24.1 Å². The highest BCUT2D eigenvalue weighted by Gasteiger charge is 2.36. The molecule has 1 aromatic heterocycles. The molecule has 1 aromatic carbocycles. The molecule has 0 spiro atoms. The third kappa shape index (κ3) is 3.55. The van der Waals surface area contributed by atoms with Crippen molar-refractivity contribution in [3.63, 3.8) is 0 Å². The zero-order valence-corrected chi connectivity index (χ0v) is 15.0. The van der Waals surface area contributed by atoms with Gasteiger partial charge < -0.3 is 14.7 Å². The molecule has 1 N–H and O–H groups in total. The van der Waals surface area contributed by atoms with E-state index in [0.29, 0.717) is 24.6 Å². The van der Waals surface area contributed by atoms with Crippen LogP contribution in [-0.4, -0.2) is 78.3 Å². The van der Waals surface area contributed by atoms with E-state index in [1.165, 1.54) is 0 Å². The van der Waals surface area contributed by atoms with E-state index in [-0.39, 0.29) is 18.4 Å². The van der Waals surface area contributed by atoms with E-state index in [4.69, 9.17) is 4.74 Å². The molecule has 134 valence electrons. The van der Waals surface area contributed by atoms with E-state index in [1.807, 2.05) is 23.1 Å². The summed E-state index contributed by atoms with van der Waals surface area (Å²) in [5, 5.41) is 9.76. The van der Waals surface area contributed by atoms with Crippen molar-refractivity contribution in [2.24, 2.45) is 11.8 Å². The Hall–Kier alpha value is -1.54. The maximum absolute atomic E-state index is 12.9. The second kappa shape index (κ2) is 7.37. The number of nitrogens with zero attached hydrogens (tertiary/aromatic N) is 3. The van der Waals surface area contributed by atoms with Crippen molar-refractivity contribution in [3.8, 4) is 0 Å². The van der Waals surface area contributed by atoms with Crippen molar-refractivity contribution in [3.05, 3.63) is 29.3 Å². The van der Waals surface area contributed by atoms with Crippen molar-refractivity contribution in [2.75, 3.05) is 52.5 Å². The Bertz CT molecular complexity index is 744. The van der Waals surface area contributed by atoms with Crippen LogP contribution in [0.25, 0.3) is 10.2 Å². The summed E-state index contributed by atoms with van der Waals surface area (Å²) in [7, 11) is 0. The molecule has 2 fully saturated rings. The van der Waals surface area contributed by atoms with Crippen LogP contribution in [0, 0.1) is 11.8 Å². The van der Waals surface area contributed by atoms with Gasteiger partial charge in [0.05, 0.1) is 28.9 Å². The van der Waals surface area contributed by atoms with Gasteiger partial charge in [0.2, 0.25) is 0 Å². The van der Waals surface area contributed by atoms with E-state index in [9.17, 15) is 9.90 Å². The monoisotopic (exact) mass is 361 g/mol. The lowest BCUT2D eigenvalue weighted by Gasteiger charge is -2.30. The first-order chi connectivity index (χ1) is 12.2. The second-order valence-electron chi connectivity index (χ2n) is 6.86. The number of aliphatic hydroxyl groups is 1. The predicted octanol–water partition coefficient (Wildman–Crippen LogP) is 1.31. The van der Waals surface area contributed by atoms with E-state index < -0.39 is 0 Å². The maximum Gasteiger partial charge on any atom is 0.253 e. The molecule has 0 saturated carbocycles. The van der Waals surface area contributed by atoms with E-state index in [2.05, 4.69) is 9.88 Å². The number of hydrogen-bond donors (Lipinski definition) is 1. The number of fused-ring (bicyclic) bond motifs is 1. The molecule has 2 atom stereocenters. The first-order valence-corrected chi connectivity index (χ1v) is 9.66. The molecule has 2 aromatic rings. The molecule has 3 heterocycles. The van der Waals surface area contributed by atoms with Gasteiger partial charge in [0.25, 0.3) is 5.91 Å². The molecule has 6 nitrogen and oxygen atoms in total. The quantitative estimate of drug-likeness (QED) is 0.889. The van der Waals surface area contributed by atoms with E-state index in [1.54, 1.807) is 16.8 Å². The third-order valence-corrected chi connectivity index (χ3v) is 6.06. The topological polar surface area (TPSA) is 65.9 Å². The zero-order valence-electron chi connectivity index (χ0n) is 14.1. The standard InChI is InChI=1S/C18H23N3O3S/c22-11-15-10-21(9-14(15)8-20-3-5-24-6-4-20)18(23)13-1-2-16-17(7-13)25-12-19-16/h1-2,7,12,14-15,22H,3-6,8-11H2/t14-,15-/m0/s1. The number of likely N-dealkylation sites (tertiary alicyclic amines) is 1. The Morgan fingerprint density at radius 3 is 2.88 bits per heavy atom. The van der Waals surface area contributed by atoms with Gasteiger partial charge in [-0.3, -0.25) is 9.69 Å². The first-order valence-electron chi connectivity index (χ1n) is 8.78. The molecule has 25 heavy (non-hydrogen) atoms. The smallest absolute Gasteiger partial charge is 0.253 e. The highest BCUT2D eigenvalue weighted by atomic mass is 32.1. The van der Waals surface area contributed by atoms with Gasteiger partial charge in [0, 0.05) is 50.8 Å². The van der Waals surface area contributed by atoms with E-state index >= 15 is 0 Å². The second-order valence-corrected chi connectivity index (χ2v) is 7.75. The molecule has 2 saturated heterocycles. The summed E-state index contributed by atoms with van der Waals surface area (Å²) < 4.78 is 6.44. The average Bonchev–Trinajstić information content (AvgIpc) is 3.28. The molecule has 0 unspecified atom stereocenters. The Morgan fingerprint density at radius 2 is 2.08 bits per heavy atom. The number of benzene rings is 1. The van der Waals surface area contributed by atoms with Crippen molar-refractivity contribution < 1.29 is 14.6 Å². The summed E-state index contributed by atoms with van der Waals surface area (Å²) in [6, 6.07) is 5.69. The normalized spacial score (nSPS) is 24.9. The first kappa shape index (κ1) is 16.9. The van der Waals surface area contributed by atoms with Gasteiger partial charge in [0.15, 0.2) is 0 Å². The number of rotatable bonds is 4. The van der Waals surface area contributed by atoms with Crippen LogP contribution >= 0.6 is 11.3 Å². The lowest BCUT2D eigenvalue weighted by molar-refractivity contribution is 0.0264. The number of aliphatic hydroxyl groups excluding tert-OH is 1. The highest BCUT2D eigenvalue weighted by molar-refractivity contribution is 7.16. The van der Waals surface area contributed by atoms with Crippen molar-refractivity contribution in [1.82, 2.24) is 14.8 Å². The minimum absolute atomic E-state index is 0.0539. The maximum atomic E-state index is 12.9. The zero-order chi connectivity index (χ0) is 17.2. The summed E-state index contributed by atoms with van der Waals surface area (Å²) >= 11 is 1.55. The third-order valence-electron chi connectivity index (χ3n) is 5.27. The Balaban J connectivity index is 1.45. The molecule has 0 radical (unpaired) electrons. The number of ether oxygens (including phenoxy) is 1. The van der Waals surface area contributed by atoms with Crippen LogP contribution in [0.15, 0.2) is 23.7 Å². The number of carbonyl (C=O) groups excluding carboxylic acids is 1. The van der Waals surface area contributed by atoms with Gasteiger partial charge in [-0.2, -0.15) is 0 Å². The lowest BCUT2D eigenvalue weighted by atomic mass is 9.96. The predicted molar refractivity (Wildman–Crippen MR) is 96.8 cm³/mol. The number of carbonyl (C=O) groups is 1. The van der Waals surface area contributed by atoms with Crippen molar-refractivity contribution in [2.45, 2.75) is 0 Å². The molecular weight excluding hydrogens is 338 g/mol. The molecule has 2 aliphatic heterocycles. The van der Waals surface area contributed by atoms with Crippen LogP contribution in [0.3, 0.4) is 0 Å². The number of thiazole rings is 1. The minimum Gasteiger partial charge on any atom is -0.396 e. The summed E-state index contributed by atoms with van der Waals surface area (Å²) in [6.07, 6.45) is 0. The number of morpholine rings is 1. The fraction of sp³-hybridized carbons (Fsp3) is 0.556. The molecule has 2 aliphatic rings. The fourth-order valence-electron chi connectivity index (χ4n) is 3.80.